The van der Waals surface area contributed by atoms with E-state index < -0.39 is 48.0 Å². The normalized spacial score (nSPS) is 12.3. The van der Waals surface area contributed by atoms with Crippen LogP contribution >= 0.6 is 0 Å². The van der Waals surface area contributed by atoms with E-state index in [4.69, 9.17) is 19.3 Å². The van der Waals surface area contributed by atoms with Gasteiger partial charge in [0.25, 0.3) is 0 Å². The molecule has 1 aliphatic rings. The quantitative estimate of drug-likeness (QED) is 0.0157. The zero-order chi connectivity index (χ0) is 52.7. The summed E-state index contributed by atoms with van der Waals surface area (Å²) >= 11 is 0. The number of aliphatic carboxylic acids is 1. The van der Waals surface area contributed by atoms with Gasteiger partial charge in [-0.2, -0.15) is 0 Å². The van der Waals surface area contributed by atoms with Gasteiger partial charge in [-0.3, -0.25) is 24.0 Å². The van der Waals surface area contributed by atoms with Gasteiger partial charge in [0.05, 0.1) is 6.42 Å². The molecule has 16 heteroatoms. The lowest BCUT2D eigenvalue weighted by molar-refractivity contribution is -0.137. The number of carbonyl (C=O) groups excluding carboxylic acids is 6. The molecular weight excluding hydrogens is 943 g/mol. The third kappa shape index (κ3) is 17.9. The van der Waals surface area contributed by atoms with Crippen LogP contribution in [0.25, 0.3) is 11.1 Å². The maximum absolute atomic E-state index is 13.7. The number of hydrogen-bond donors (Lipinski definition) is 6. The molecule has 5 aromatic carbocycles. The number of carboxylic acids is 1. The minimum absolute atomic E-state index is 0.00715. The topological polar surface area (TPSA) is 228 Å². The summed E-state index contributed by atoms with van der Waals surface area (Å²) in [5.74, 6) is -2.39. The zero-order valence-corrected chi connectivity index (χ0v) is 42.1. The first kappa shape index (κ1) is 55.3. The Balaban J connectivity index is 0.842. The highest BCUT2D eigenvalue weighted by Crippen LogP contribution is 2.44. The smallest absolute Gasteiger partial charge is 0.408 e. The van der Waals surface area contributed by atoms with Crippen LogP contribution in [0.3, 0.4) is 0 Å². The largest absolute Gasteiger partial charge is 0.481 e. The first-order valence-electron chi connectivity index (χ1n) is 25.4. The SMILES string of the molecule is CC(C)C[C@H](NC(=O)OCC1c2ccccc2-c2ccccc21)C(=O)Nc1ccccc1CC(=O)Oc1ccc(CCCCCCCC(=O)NCCNC(=O)[C@H](CCC(=O)O)NC(=O)OCc2ccccc2)cc1. The summed E-state index contributed by atoms with van der Waals surface area (Å²) in [7, 11) is 0. The van der Waals surface area contributed by atoms with Crippen LogP contribution in [-0.4, -0.2) is 78.7 Å². The molecule has 6 rings (SSSR count). The molecule has 0 unspecified atom stereocenters. The highest BCUT2D eigenvalue weighted by atomic mass is 16.6. The number of ether oxygens (including phenoxy) is 3. The van der Waals surface area contributed by atoms with E-state index in [1.54, 1.807) is 60.7 Å². The molecule has 0 fully saturated rings. The Morgan fingerprint density at radius 3 is 1.91 bits per heavy atom. The fraction of sp³-hybridized carbons (Fsp3) is 0.362. The van der Waals surface area contributed by atoms with Crippen molar-refractivity contribution >= 4 is 47.5 Å². The van der Waals surface area contributed by atoms with Gasteiger partial charge in [0.15, 0.2) is 0 Å². The van der Waals surface area contributed by atoms with E-state index in [0.717, 1.165) is 65.5 Å². The number of carboxylic acid groups (broad SMARTS) is 1. The number of aryl methyl sites for hydroxylation is 1. The second kappa shape index (κ2) is 28.9. The average molecular weight is 1010 g/mol. The molecule has 0 heterocycles. The van der Waals surface area contributed by atoms with Crippen LogP contribution in [0.15, 0.2) is 127 Å². The van der Waals surface area contributed by atoms with E-state index in [2.05, 4.69) is 38.7 Å². The number of unbranched alkanes of at least 4 members (excludes halogenated alkanes) is 4. The Bertz CT molecular complexity index is 2630. The second-order valence-electron chi connectivity index (χ2n) is 18.7. The van der Waals surface area contributed by atoms with Gasteiger partial charge in [-0.05, 0) is 95.2 Å². The summed E-state index contributed by atoms with van der Waals surface area (Å²) in [6.45, 7) is 4.32. The third-order valence-corrected chi connectivity index (χ3v) is 12.5. The number of hydrogen-bond acceptors (Lipinski definition) is 10. The number of anilines is 1. The van der Waals surface area contributed by atoms with Crippen LogP contribution < -0.4 is 31.3 Å². The lowest BCUT2D eigenvalue weighted by atomic mass is 9.98. The van der Waals surface area contributed by atoms with E-state index >= 15 is 0 Å². The van der Waals surface area contributed by atoms with Crippen molar-refractivity contribution in [2.75, 3.05) is 25.0 Å². The number of esters is 1. The standard InChI is InChI=1S/C58H67N5O11/c1-39(2)35-51(63-58(71)73-38-48-46-23-14-12-21-44(46)45-22-13-15-24-47(45)48)56(69)61-49-25-16-11-20-42(49)36-54(67)74-43-29-27-40(28-30-43)17-7-4-3-5-10-26-52(64)59-33-34-60-55(68)50(31-32-53(65)66)62-57(70)72-37-41-18-8-6-9-19-41/h6,8-9,11-16,18-25,27-30,39,48,50-51H,3-5,7,10,17,26,31-38H2,1-2H3,(H,59,64)(H,60,68)(H,61,69)(H,62,70)(H,63,71)(H,65,66)/t50-,51-/m0/s1. The monoisotopic (exact) mass is 1010 g/mol. The van der Waals surface area contributed by atoms with Crippen molar-refractivity contribution in [1.29, 1.82) is 0 Å². The molecule has 6 N–H and O–H groups in total. The third-order valence-electron chi connectivity index (χ3n) is 12.5. The minimum atomic E-state index is -1.12. The first-order chi connectivity index (χ1) is 35.8. The maximum Gasteiger partial charge on any atom is 0.408 e. The lowest BCUT2D eigenvalue weighted by Gasteiger charge is -2.22. The Morgan fingerprint density at radius 2 is 1.20 bits per heavy atom. The minimum Gasteiger partial charge on any atom is -0.481 e. The van der Waals surface area contributed by atoms with Crippen molar-refractivity contribution in [3.8, 4) is 16.9 Å². The summed E-state index contributed by atoms with van der Waals surface area (Å²) in [6, 6.07) is 37.5. The Morgan fingerprint density at radius 1 is 0.595 bits per heavy atom. The summed E-state index contributed by atoms with van der Waals surface area (Å²) in [4.78, 5) is 88.6. The fourth-order valence-corrected chi connectivity index (χ4v) is 8.74. The molecule has 1 aliphatic carbocycles. The molecule has 0 aromatic heterocycles. The number of fused-ring (bicyclic) bond motifs is 3. The molecule has 74 heavy (non-hydrogen) atoms. The average Bonchev–Trinajstić information content (AvgIpc) is 3.71. The van der Waals surface area contributed by atoms with Gasteiger partial charge in [-0.15, -0.1) is 0 Å². The summed E-state index contributed by atoms with van der Waals surface area (Å²) < 4.78 is 16.6. The number of rotatable bonds is 28. The van der Waals surface area contributed by atoms with Crippen molar-refractivity contribution in [2.45, 2.75) is 109 Å². The van der Waals surface area contributed by atoms with Crippen LogP contribution in [0.2, 0.25) is 0 Å². The Labute approximate surface area is 432 Å². The predicted molar refractivity (Wildman–Crippen MR) is 280 cm³/mol. The van der Waals surface area contributed by atoms with Gasteiger partial charge >= 0.3 is 24.1 Å². The maximum atomic E-state index is 13.7. The van der Waals surface area contributed by atoms with E-state index in [0.29, 0.717) is 36.3 Å². The molecule has 0 radical (unpaired) electrons. The summed E-state index contributed by atoms with van der Waals surface area (Å²) in [6.07, 6.45) is 3.91. The predicted octanol–water partition coefficient (Wildman–Crippen LogP) is 9.00. The van der Waals surface area contributed by atoms with E-state index in [9.17, 15) is 33.6 Å². The van der Waals surface area contributed by atoms with Gasteiger partial charge < -0.3 is 45.9 Å². The molecule has 5 amide bonds. The number of amides is 5. The second-order valence-corrected chi connectivity index (χ2v) is 18.7. The van der Waals surface area contributed by atoms with E-state index in [1.165, 1.54) is 0 Å². The van der Waals surface area contributed by atoms with Gasteiger partial charge in [0.2, 0.25) is 17.7 Å². The molecular formula is C58H67N5O11. The van der Waals surface area contributed by atoms with Gasteiger partial charge in [0, 0.05) is 37.5 Å². The summed E-state index contributed by atoms with van der Waals surface area (Å²) in [5.41, 5.74) is 7.28. The number of benzene rings is 5. The van der Waals surface area contributed by atoms with Gasteiger partial charge in [0.1, 0.15) is 31.0 Å². The lowest BCUT2D eigenvalue weighted by Crippen LogP contribution is -2.48. The van der Waals surface area contributed by atoms with Crippen molar-refractivity contribution in [3.05, 3.63) is 155 Å². The number of para-hydroxylation sites is 1. The number of nitrogens with one attached hydrogen (secondary N) is 5. The molecule has 0 spiro atoms. The van der Waals surface area contributed by atoms with E-state index in [-0.39, 0.29) is 63.3 Å². The van der Waals surface area contributed by atoms with Crippen molar-refractivity contribution in [3.63, 3.8) is 0 Å². The molecule has 0 aliphatic heterocycles. The Hall–Kier alpha value is -8.01. The van der Waals surface area contributed by atoms with Crippen LogP contribution in [0.1, 0.15) is 105 Å². The fourth-order valence-electron chi connectivity index (χ4n) is 8.74. The summed E-state index contributed by atoms with van der Waals surface area (Å²) in [5, 5.41) is 22.6. The van der Waals surface area contributed by atoms with Crippen LogP contribution in [0.5, 0.6) is 5.75 Å². The van der Waals surface area contributed by atoms with Crippen molar-refractivity contribution in [2.24, 2.45) is 5.92 Å². The molecule has 5 aromatic rings. The number of carbonyl (C=O) groups is 7. The first-order valence-corrected chi connectivity index (χ1v) is 25.4. The molecule has 0 saturated heterocycles. The van der Waals surface area contributed by atoms with Gasteiger partial charge in [-0.25, -0.2) is 9.59 Å². The van der Waals surface area contributed by atoms with E-state index in [1.807, 2.05) is 68.4 Å². The van der Waals surface area contributed by atoms with Crippen LogP contribution in [-0.2, 0) is 52.9 Å². The van der Waals surface area contributed by atoms with Crippen LogP contribution in [0, 0.1) is 5.92 Å². The Kier molecular flexibility index (Phi) is 21.6. The van der Waals surface area contributed by atoms with Crippen molar-refractivity contribution < 1.29 is 52.9 Å². The zero-order valence-electron chi connectivity index (χ0n) is 42.1. The van der Waals surface area contributed by atoms with Crippen LogP contribution in [0.4, 0.5) is 15.3 Å². The highest BCUT2D eigenvalue weighted by Gasteiger charge is 2.30. The van der Waals surface area contributed by atoms with Gasteiger partial charge in [-0.1, -0.05) is 142 Å². The van der Waals surface area contributed by atoms with Crippen molar-refractivity contribution in [1.82, 2.24) is 21.3 Å². The molecule has 0 saturated carbocycles. The molecule has 0 bridgehead atoms. The highest BCUT2D eigenvalue weighted by molar-refractivity contribution is 5.97. The molecule has 16 nitrogen and oxygen atoms in total. The molecule has 2 atom stereocenters. The molecule has 390 valence electrons. The number of alkyl carbamates (subject to hydrolysis) is 2.